The molecule has 34 heavy (non-hydrogen) atoms. The third kappa shape index (κ3) is 6.31. The van der Waals surface area contributed by atoms with Crippen molar-refractivity contribution in [3.05, 3.63) is 59.8 Å². The van der Waals surface area contributed by atoms with Crippen LogP contribution in [0.5, 0.6) is 5.75 Å². The smallest absolute Gasteiger partial charge is 0.292 e. The number of hydrogen-bond acceptors (Lipinski definition) is 6. The normalized spacial score (nSPS) is 11.5. The van der Waals surface area contributed by atoms with Crippen LogP contribution in [0.4, 0.5) is 11.4 Å². The number of fused-ring (bicyclic) bond motifs is 1. The molecule has 0 saturated heterocycles. The van der Waals surface area contributed by atoms with E-state index in [2.05, 4.69) is 20.9 Å². The number of carbonyl (C=O) groups excluding carboxylic acids is 3. The monoisotopic (exact) mass is 462 g/mol. The number of carbonyl (C=O) groups is 3. The summed E-state index contributed by atoms with van der Waals surface area (Å²) in [7, 11) is 1.63. The van der Waals surface area contributed by atoms with Gasteiger partial charge in [0.15, 0.2) is 0 Å². The maximum Gasteiger partial charge on any atom is 0.292 e. The number of hydrogen-bond donors (Lipinski definition) is 3. The van der Waals surface area contributed by atoms with Gasteiger partial charge in [0.2, 0.25) is 5.91 Å². The number of ether oxygens (including phenoxy) is 1. The molecule has 3 N–H and O–H groups in total. The Labute approximate surface area is 199 Å². The van der Waals surface area contributed by atoms with Crippen molar-refractivity contribution in [2.75, 3.05) is 24.3 Å². The Morgan fingerprint density at radius 1 is 1.09 bits per heavy atom. The number of anilines is 2. The van der Waals surface area contributed by atoms with Gasteiger partial charge in [0.05, 0.1) is 29.6 Å². The quantitative estimate of drug-likeness (QED) is 0.238. The fourth-order valence-corrected chi connectivity index (χ4v) is 3.69. The molecule has 0 radical (unpaired) electrons. The molecule has 2 amide bonds. The maximum absolute atomic E-state index is 12.7. The number of aryl methyl sites for hydroxylation is 1. The summed E-state index contributed by atoms with van der Waals surface area (Å²) in [5.41, 5.74) is 3.08. The first-order valence-corrected chi connectivity index (χ1v) is 11.2. The first-order valence-electron chi connectivity index (χ1n) is 11.2. The summed E-state index contributed by atoms with van der Waals surface area (Å²) in [5.74, 6) is -0.928. The van der Waals surface area contributed by atoms with Crippen LogP contribution in [0.3, 0.4) is 0 Å². The lowest BCUT2D eigenvalue weighted by Crippen LogP contribution is -2.33. The van der Waals surface area contributed by atoms with E-state index in [1.807, 2.05) is 38.1 Å². The summed E-state index contributed by atoms with van der Waals surface area (Å²) in [6.45, 7) is 5.58. The molecular weight excluding hydrogens is 432 g/mol. The van der Waals surface area contributed by atoms with Crippen molar-refractivity contribution in [3.63, 3.8) is 0 Å². The molecule has 0 aliphatic heterocycles. The van der Waals surface area contributed by atoms with Crippen molar-refractivity contribution >= 4 is 39.9 Å². The molecule has 2 aromatic carbocycles. The van der Waals surface area contributed by atoms with Crippen LogP contribution in [0.25, 0.3) is 10.9 Å². The van der Waals surface area contributed by atoms with Gasteiger partial charge in [-0.1, -0.05) is 17.7 Å². The summed E-state index contributed by atoms with van der Waals surface area (Å²) in [6.07, 6.45) is 3.19. The molecule has 8 heteroatoms. The maximum atomic E-state index is 12.7. The van der Waals surface area contributed by atoms with Crippen LogP contribution in [0.15, 0.2) is 48.7 Å². The number of amides is 2. The predicted octanol–water partition coefficient (Wildman–Crippen LogP) is 4.09. The van der Waals surface area contributed by atoms with Crippen LogP contribution in [-0.2, 0) is 9.59 Å². The average molecular weight is 463 g/mol. The minimum absolute atomic E-state index is 0.105. The minimum atomic E-state index is -0.694. The van der Waals surface area contributed by atoms with Gasteiger partial charge in [-0.15, -0.1) is 0 Å². The van der Waals surface area contributed by atoms with Crippen molar-refractivity contribution in [3.8, 4) is 5.75 Å². The Balaban J connectivity index is 1.55. The highest BCUT2D eigenvalue weighted by atomic mass is 16.5. The zero-order chi connectivity index (χ0) is 24.7. The second-order valence-corrected chi connectivity index (χ2v) is 8.25. The predicted molar refractivity (Wildman–Crippen MR) is 133 cm³/mol. The SMILES string of the molecule is COc1cc(NC(C)CCCNC(=O)C(=O)c2cc(C)ccc2NC(C)=O)c2ncccc2c1. The Bertz CT molecular complexity index is 1210. The third-order valence-corrected chi connectivity index (χ3v) is 5.35. The van der Waals surface area contributed by atoms with E-state index in [0.29, 0.717) is 18.7 Å². The zero-order valence-corrected chi connectivity index (χ0v) is 19.9. The molecule has 0 spiro atoms. The highest BCUT2D eigenvalue weighted by molar-refractivity contribution is 6.44. The van der Waals surface area contributed by atoms with Crippen LogP contribution >= 0.6 is 0 Å². The molecule has 0 aliphatic rings. The number of methoxy groups -OCH3 is 1. The van der Waals surface area contributed by atoms with Gasteiger partial charge in [0.1, 0.15) is 5.75 Å². The first kappa shape index (κ1) is 24.7. The number of benzene rings is 2. The second-order valence-electron chi connectivity index (χ2n) is 8.25. The lowest BCUT2D eigenvalue weighted by Gasteiger charge is -2.17. The Kier molecular flexibility index (Phi) is 8.19. The van der Waals surface area contributed by atoms with E-state index in [0.717, 1.165) is 34.3 Å². The Morgan fingerprint density at radius 2 is 1.88 bits per heavy atom. The molecule has 1 atom stereocenters. The molecule has 0 aliphatic carbocycles. The van der Waals surface area contributed by atoms with Crippen molar-refractivity contribution in [1.29, 1.82) is 0 Å². The Morgan fingerprint density at radius 3 is 2.62 bits per heavy atom. The van der Waals surface area contributed by atoms with Gasteiger partial charge in [-0.25, -0.2) is 0 Å². The van der Waals surface area contributed by atoms with Gasteiger partial charge < -0.3 is 20.7 Å². The van der Waals surface area contributed by atoms with Crippen LogP contribution in [-0.4, -0.2) is 42.3 Å². The molecule has 0 fully saturated rings. The molecule has 1 heterocycles. The number of nitrogens with zero attached hydrogens (tertiary/aromatic N) is 1. The lowest BCUT2D eigenvalue weighted by atomic mass is 10.0. The summed E-state index contributed by atoms with van der Waals surface area (Å²) < 4.78 is 5.39. The zero-order valence-electron chi connectivity index (χ0n) is 19.9. The van der Waals surface area contributed by atoms with E-state index in [9.17, 15) is 14.4 Å². The van der Waals surface area contributed by atoms with Crippen molar-refractivity contribution in [2.24, 2.45) is 0 Å². The first-order chi connectivity index (χ1) is 16.3. The minimum Gasteiger partial charge on any atom is -0.497 e. The fraction of sp³-hybridized carbons (Fsp3) is 0.308. The number of nitrogens with one attached hydrogen (secondary N) is 3. The highest BCUT2D eigenvalue weighted by Crippen LogP contribution is 2.28. The molecule has 1 aromatic heterocycles. The fourth-order valence-electron chi connectivity index (χ4n) is 3.69. The van der Waals surface area contributed by atoms with Crippen molar-refractivity contribution in [2.45, 2.75) is 39.7 Å². The second kappa shape index (κ2) is 11.3. The van der Waals surface area contributed by atoms with Gasteiger partial charge >= 0.3 is 0 Å². The van der Waals surface area contributed by atoms with E-state index in [1.54, 1.807) is 31.5 Å². The number of ketones is 1. The standard InChI is InChI=1S/C26H30N4O4/c1-16-9-10-22(30-18(3)31)21(13-16)25(32)26(33)28-12-5-7-17(2)29-23-15-20(34-4)14-19-8-6-11-27-24(19)23/h6,8-11,13-15,17,29H,5,7,12H2,1-4H3,(H,28,33)(H,30,31). The topological polar surface area (TPSA) is 109 Å². The van der Waals surface area contributed by atoms with Crippen LogP contribution in [0.2, 0.25) is 0 Å². The highest BCUT2D eigenvalue weighted by Gasteiger charge is 2.20. The number of Topliss-reactive ketones (excluding diaryl/α,β-unsaturated/α-hetero) is 1. The number of rotatable bonds is 10. The average Bonchev–Trinajstić information content (AvgIpc) is 2.81. The number of pyridine rings is 1. The van der Waals surface area contributed by atoms with Gasteiger partial charge in [-0.2, -0.15) is 0 Å². The summed E-state index contributed by atoms with van der Waals surface area (Å²) >= 11 is 0. The summed E-state index contributed by atoms with van der Waals surface area (Å²) in [6, 6.07) is 12.8. The van der Waals surface area contributed by atoms with E-state index in [1.165, 1.54) is 6.92 Å². The largest absolute Gasteiger partial charge is 0.497 e. The molecule has 0 saturated carbocycles. The van der Waals surface area contributed by atoms with Gasteiger partial charge in [0.25, 0.3) is 11.7 Å². The molecule has 3 rings (SSSR count). The molecule has 178 valence electrons. The molecule has 8 nitrogen and oxygen atoms in total. The van der Waals surface area contributed by atoms with Crippen LogP contribution < -0.4 is 20.7 Å². The number of aromatic nitrogens is 1. The third-order valence-electron chi connectivity index (χ3n) is 5.35. The van der Waals surface area contributed by atoms with Crippen LogP contribution in [0.1, 0.15) is 42.6 Å². The molecular formula is C26H30N4O4. The summed E-state index contributed by atoms with van der Waals surface area (Å²) in [4.78, 5) is 41.0. The molecule has 1 unspecified atom stereocenters. The van der Waals surface area contributed by atoms with Crippen molar-refractivity contribution < 1.29 is 19.1 Å². The van der Waals surface area contributed by atoms with Gasteiger partial charge in [-0.05, 0) is 51.0 Å². The van der Waals surface area contributed by atoms with Crippen molar-refractivity contribution in [1.82, 2.24) is 10.3 Å². The Hall–Kier alpha value is -3.94. The molecule has 3 aromatic rings. The summed E-state index contributed by atoms with van der Waals surface area (Å²) in [5, 5.41) is 9.74. The van der Waals surface area contributed by atoms with E-state index in [-0.39, 0.29) is 17.5 Å². The van der Waals surface area contributed by atoms with E-state index >= 15 is 0 Å². The van der Waals surface area contributed by atoms with E-state index < -0.39 is 11.7 Å². The van der Waals surface area contributed by atoms with E-state index in [4.69, 9.17) is 4.74 Å². The van der Waals surface area contributed by atoms with Gasteiger partial charge in [-0.3, -0.25) is 19.4 Å². The van der Waals surface area contributed by atoms with Crippen LogP contribution in [0, 0.1) is 6.92 Å². The van der Waals surface area contributed by atoms with Gasteiger partial charge in [0, 0.05) is 37.2 Å². The lowest BCUT2D eigenvalue weighted by molar-refractivity contribution is -0.117. The molecule has 0 bridgehead atoms.